The normalized spacial score (nSPS) is 10.8. The smallest absolute Gasteiger partial charge is 0.321 e. The maximum atomic E-state index is 12.8. The fourth-order valence-corrected chi connectivity index (χ4v) is 1.89. The molecule has 0 bridgehead atoms. The Labute approximate surface area is 142 Å². The van der Waals surface area contributed by atoms with E-state index in [1.54, 1.807) is 24.1 Å². The summed E-state index contributed by atoms with van der Waals surface area (Å²) in [5.74, 6) is 0.289. The minimum absolute atomic E-state index is 0.131. The van der Waals surface area contributed by atoms with E-state index in [0.717, 1.165) is 0 Å². The molecule has 1 aromatic rings. The van der Waals surface area contributed by atoms with Crippen LogP contribution in [-0.4, -0.2) is 50.1 Å². The van der Waals surface area contributed by atoms with E-state index in [2.05, 4.69) is 10.6 Å². The first-order valence-corrected chi connectivity index (χ1v) is 8.01. The summed E-state index contributed by atoms with van der Waals surface area (Å²) >= 11 is 0. The Morgan fingerprint density at radius 1 is 1.25 bits per heavy atom. The molecule has 1 aromatic carbocycles. The van der Waals surface area contributed by atoms with Crippen LogP contribution in [-0.2, 0) is 4.79 Å². The van der Waals surface area contributed by atoms with Crippen molar-refractivity contribution in [1.29, 1.82) is 0 Å². The third-order valence-electron chi connectivity index (χ3n) is 3.10. The molecule has 7 heteroatoms. The first-order chi connectivity index (χ1) is 11.4. The van der Waals surface area contributed by atoms with E-state index < -0.39 is 6.03 Å². The second-order valence-corrected chi connectivity index (χ2v) is 6.05. The standard InChI is InChI=1S/C17H26FN3O3/c1-13(2)11-19-17(23)20-16(22)12-21(3)9-4-10-24-15-7-5-14(18)6-8-15/h5-8,13H,4,9-12H2,1-3H3,(H2,19,20,22,23). The maximum Gasteiger partial charge on any atom is 0.321 e. The fraction of sp³-hybridized carbons (Fsp3) is 0.529. The highest BCUT2D eigenvalue weighted by Gasteiger charge is 2.10. The zero-order valence-corrected chi connectivity index (χ0v) is 14.5. The topological polar surface area (TPSA) is 70.7 Å². The summed E-state index contributed by atoms with van der Waals surface area (Å²) in [4.78, 5) is 25.0. The zero-order valence-electron chi connectivity index (χ0n) is 14.5. The molecule has 2 N–H and O–H groups in total. The lowest BCUT2D eigenvalue weighted by molar-refractivity contribution is -0.120. The van der Waals surface area contributed by atoms with Crippen molar-refractivity contribution in [3.8, 4) is 5.75 Å². The average Bonchev–Trinajstić information content (AvgIpc) is 2.51. The number of nitrogens with one attached hydrogen (secondary N) is 2. The molecule has 0 aliphatic heterocycles. The number of urea groups is 1. The van der Waals surface area contributed by atoms with E-state index in [4.69, 9.17) is 4.74 Å². The highest BCUT2D eigenvalue weighted by molar-refractivity contribution is 5.95. The first kappa shape index (κ1) is 19.9. The van der Waals surface area contributed by atoms with E-state index in [-0.39, 0.29) is 18.3 Å². The minimum Gasteiger partial charge on any atom is -0.494 e. The summed E-state index contributed by atoms with van der Waals surface area (Å²) in [7, 11) is 1.80. The minimum atomic E-state index is -0.471. The molecule has 0 fully saturated rings. The SMILES string of the molecule is CC(C)CNC(=O)NC(=O)CN(C)CCCOc1ccc(F)cc1. The third-order valence-corrected chi connectivity index (χ3v) is 3.10. The molecular formula is C17H26FN3O3. The Morgan fingerprint density at radius 2 is 1.92 bits per heavy atom. The maximum absolute atomic E-state index is 12.8. The summed E-state index contributed by atoms with van der Waals surface area (Å²) in [6.07, 6.45) is 0.709. The van der Waals surface area contributed by atoms with Crippen LogP contribution in [0, 0.1) is 11.7 Å². The van der Waals surface area contributed by atoms with E-state index >= 15 is 0 Å². The van der Waals surface area contributed by atoms with Crippen molar-refractivity contribution in [2.45, 2.75) is 20.3 Å². The number of halogens is 1. The van der Waals surface area contributed by atoms with Gasteiger partial charge in [0.1, 0.15) is 11.6 Å². The number of ether oxygens (including phenoxy) is 1. The summed E-state index contributed by atoms with van der Waals surface area (Å²) in [5.41, 5.74) is 0. The monoisotopic (exact) mass is 339 g/mol. The highest BCUT2D eigenvalue weighted by Crippen LogP contribution is 2.11. The predicted molar refractivity (Wildman–Crippen MR) is 90.4 cm³/mol. The Morgan fingerprint density at radius 3 is 2.54 bits per heavy atom. The van der Waals surface area contributed by atoms with Gasteiger partial charge in [-0.05, 0) is 43.7 Å². The summed E-state index contributed by atoms with van der Waals surface area (Å²) in [6.45, 7) is 5.71. The number of hydrogen-bond acceptors (Lipinski definition) is 4. The summed E-state index contributed by atoms with van der Waals surface area (Å²) in [5, 5.41) is 4.91. The van der Waals surface area contributed by atoms with Crippen molar-refractivity contribution >= 4 is 11.9 Å². The molecule has 24 heavy (non-hydrogen) atoms. The van der Waals surface area contributed by atoms with Crippen LogP contribution in [0.25, 0.3) is 0 Å². The molecule has 0 aliphatic rings. The number of carbonyl (C=O) groups is 2. The number of carbonyl (C=O) groups excluding carboxylic acids is 2. The lowest BCUT2D eigenvalue weighted by Gasteiger charge is -2.16. The molecule has 6 nitrogen and oxygen atoms in total. The van der Waals surface area contributed by atoms with Gasteiger partial charge in [-0.3, -0.25) is 15.0 Å². The largest absolute Gasteiger partial charge is 0.494 e. The summed E-state index contributed by atoms with van der Waals surface area (Å²) in [6, 6.07) is 5.36. The number of amides is 3. The van der Waals surface area contributed by atoms with Crippen molar-refractivity contribution in [2.24, 2.45) is 5.92 Å². The van der Waals surface area contributed by atoms with Crippen molar-refractivity contribution in [3.63, 3.8) is 0 Å². The lowest BCUT2D eigenvalue weighted by atomic mass is 10.2. The Hall–Kier alpha value is -2.15. The van der Waals surface area contributed by atoms with Crippen LogP contribution in [0.1, 0.15) is 20.3 Å². The van der Waals surface area contributed by atoms with E-state index in [0.29, 0.717) is 37.8 Å². The number of nitrogens with zero attached hydrogens (tertiary/aromatic N) is 1. The van der Waals surface area contributed by atoms with Crippen LogP contribution in [0.5, 0.6) is 5.75 Å². The third kappa shape index (κ3) is 9.09. The molecule has 0 heterocycles. The van der Waals surface area contributed by atoms with E-state index in [1.807, 2.05) is 13.8 Å². The van der Waals surface area contributed by atoms with Gasteiger partial charge < -0.3 is 10.1 Å². The Kier molecular flexibility index (Phi) is 8.78. The molecule has 0 aliphatic carbocycles. The van der Waals surface area contributed by atoms with Gasteiger partial charge in [0.25, 0.3) is 0 Å². The van der Waals surface area contributed by atoms with Crippen LogP contribution in [0.15, 0.2) is 24.3 Å². The predicted octanol–water partition coefficient (Wildman–Crippen LogP) is 2.01. The number of benzene rings is 1. The van der Waals surface area contributed by atoms with Gasteiger partial charge in [-0.1, -0.05) is 13.8 Å². The van der Waals surface area contributed by atoms with Crippen LogP contribution in [0.4, 0.5) is 9.18 Å². The molecule has 1 rings (SSSR count). The summed E-state index contributed by atoms with van der Waals surface area (Å²) < 4.78 is 18.2. The highest BCUT2D eigenvalue weighted by atomic mass is 19.1. The second-order valence-electron chi connectivity index (χ2n) is 6.05. The second kappa shape index (κ2) is 10.6. The lowest BCUT2D eigenvalue weighted by Crippen LogP contribution is -2.44. The quantitative estimate of drug-likeness (QED) is 0.675. The first-order valence-electron chi connectivity index (χ1n) is 8.01. The van der Waals surface area contributed by atoms with Gasteiger partial charge in [-0.2, -0.15) is 0 Å². The molecular weight excluding hydrogens is 313 g/mol. The number of imide groups is 1. The van der Waals surface area contributed by atoms with Crippen LogP contribution in [0.3, 0.4) is 0 Å². The molecule has 0 radical (unpaired) electrons. The molecule has 0 saturated heterocycles. The van der Waals surface area contributed by atoms with Crippen LogP contribution < -0.4 is 15.4 Å². The molecule has 0 saturated carbocycles. The Bertz CT molecular complexity index is 520. The van der Waals surface area contributed by atoms with E-state index in [1.165, 1.54) is 12.1 Å². The van der Waals surface area contributed by atoms with Crippen molar-refractivity contribution in [1.82, 2.24) is 15.5 Å². The van der Waals surface area contributed by atoms with Crippen molar-refractivity contribution in [3.05, 3.63) is 30.1 Å². The van der Waals surface area contributed by atoms with Crippen LogP contribution >= 0.6 is 0 Å². The number of rotatable bonds is 9. The molecule has 0 unspecified atom stereocenters. The van der Waals surface area contributed by atoms with Gasteiger partial charge in [0.2, 0.25) is 5.91 Å². The van der Waals surface area contributed by atoms with Gasteiger partial charge in [0.15, 0.2) is 0 Å². The zero-order chi connectivity index (χ0) is 17.9. The molecule has 0 spiro atoms. The molecule has 0 aromatic heterocycles. The van der Waals surface area contributed by atoms with Crippen molar-refractivity contribution in [2.75, 3.05) is 33.3 Å². The molecule has 134 valence electrons. The van der Waals surface area contributed by atoms with Gasteiger partial charge in [0.05, 0.1) is 13.2 Å². The number of hydrogen-bond donors (Lipinski definition) is 2. The van der Waals surface area contributed by atoms with Gasteiger partial charge in [0, 0.05) is 13.1 Å². The van der Waals surface area contributed by atoms with Gasteiger partial charge in [-0.25, -0.2) is 9.18 Å². The van der Waals surface area contributed by atoms with Crippen molar-refractivity contribution < 1.29 is 18.7 Å². The Balaban J connectivity index is 2.14. The van der Waals surface area contributed by atoms with E-state index in [9.17, 15) is 14.0 Å². The molecule has 3 amide bonds. The van der Waals surface area contributed by atoms with Gasteiger partial charge >= 0.3 is 6.03 Å². The fourth-order valence-electron chi connectivity index (χ4n) is 1.89. The average molecular weight is 339 g/mol. The molecule has 0 atom stereocenters. The van der Waals surface area contributed by atoms with Gasteiger partial charge in [-0.15, -0.1) is 0 Å². The number of likely N-dealkylation sites (N-methyl/N-ethyl adjacent to an activating group) is 1. The van der Waals surface area contributed by atoms with Crippen LogP contribution in [0.2, 0.25) is 0 Å².